The Kier molecular flexibility index (Phi) is 6.41. The van der Waals surface area contributed by atoms with Gasteiger partial charge in [0.15, 0.2) is 0 Å². The zero-order valence-electron chi connectivity index (χ0n) is 17.3. The van der Waals surface area contributed by atoms with Gasteiger partial charge in [0.25, 0.3) is 5.79 Å². The Labute approximate surface area is 162 Å². The Hall–Kier alpha value is -1.22. The number of carbonyl (C=O) groups is 1. The number of ether oxygens (including phenoxy) is 2. The lowest BCUT2D eigenvalue weighted by Crippen LogP contribution is -2.62. The van der Waals surface area contributed by atoms with Crippen molar-refractivity contribution >= 4 is 5.97 Å². The number of hydrogen-bond acceptors (Lipinski definition) is 4. The second-order valence-electron chi connectivity index (χ2n) is 8.88. The fourth-order valence-corrected chi connectivity index (χ4v) is 3.36. The molecule has 1 aliphatic heterocycles. The Morgan fingerprint density at radius 3 is 2.07 bits per heavy atom. The molecule has 0 bridgehead atoms. The summed E-state index contributed by atoms with van der Waals surface area (Å²) in [6.45, 7) is 11.4. The van der Waals surface area contributed by atoms with Crippen molar-refractivity contribution in [3.8, 4) is 0 Å². The van der Waals surface area contributed by atoms with Crippen LogP contribution in [0.1, 0.15) is 67.7 Å². The highest BCUT2D eigenvalue weighted by Gasteiger charge is 2.68. The molecule has 3 unspecified atom stereocenters. The molecule has 0 aromatic heterocycles. The first kappa shape index (κ1) is 24.8. The van der Waals surface area contributed by atoms with E-state index >= 15 is 0 Å². The molecule has 0 radical (unpaired) electrons. The maximum Gasteiger partial charge on any atom is 0.443 e. The van der Waals surface area contributed by atoms with Gasteiger partial charge < -0.3 is 9.84 Å². The van der Waals surface area contributed by atoms with Crippen molar-refractivity contribution in [3.05, 3.63) is 11.6 Å². The number of rotatable bonds is 5. The molecule has 1 fully saturated rings. The smallest absolute Gasteiger partial charge is 0.443 e. The van der Waals surface area contributed by atoms with Crippen LogP contribution >= 0.6 is 0 Å². The minimum absolute atomic E-state index is 0.519. The maximum atomic E-state index is 13.9. The molecule has 0 saturated carbocycles. The van der Waals surface area contributed by atoms with Gasteiger partial charge >= 0.3 is 18.3 Å². The highest BCUT2D eigenvalue weighted by molar-refractivity contribution is 5.80. The molecule has 1 aliphatic rings. The number of halogens is 5. The lowest BCUT2D eigenvalue weighted by molar-refractivity contribution is -0.468. The first-order chi connectivity index (χ1) is 12.2. The zero-order chi connectivity index (χ0) is 22.4. The summed E-state index contributed by atoms with van der Waals surface area (Å²) in [6.07, 6.45) is -10.3. The fourth-order valence-electron chi connectivity index (χ4n) is 3.36. The molecule has 3 atom stereocenters. The van der Waals surface area contributed by atoms with E-state index in [1.807, 2.05) is 6.92 Å². The van der Waals surface area contributed by atoms with Gasteiger partial charge in [0.2, 0.25) is 0 Å². The molecular formula is C19H29F5O4. The molecule has 0 spiro atoms. The lowest BCUT2D eigenvalue weighted by Gasteiger charge is -2.48. The van der Waals surface area contributed by atoms with Crippen LogP contribution in [0.15, 0.2) is 11.6 Å². The van der Waals surface area contributed by atoms with Crippen molar-refractivity contribution in [2.45, 2.75) is 91.4 Å². The van der Waals surface area contributed by atoms with Gasteiger partial charge in [-0.3, -0.25) is 9.53 Å². The second-order valence-corrected chi connectivity index (χ2v) is 8.88. The molecule has 0 amide bonds. The van der Waals surface area contributed by atoms with Crippen LogP contribution in [0.4, 0.5) is 22.0 Å². The van der Waals surface area contributed by atoms with Gasteiger partial charge in [-0.1, -0.05) is 32.4 Å². The zero-order valence-corrected chi connectivity index (χ0v) is 17.3. The molecule has 1 rings (SSSR count). The van der Waals surface area contributed by atoms with Crippen LogP contribution in [0.25, 0.3) is 0 Å². The summed E-state index contributed by atoms with van der Waals surface area (Å²) in [5.41, 5.74) is -3.49. The lowest BCUT2D eigenvalue weighted by atomic mass is 9.64. The second kappa shape index (κ2) is 7.23. The van der Waals surface area contributed by atoms with Gasteiger partial charge in [0.05, 0.1) is 18.3 Å². The SMILES string of the molecule is CCC(C)(C)C(C)(C=C(C)C)C(=O)OC1(C)CC(F)(F)OC(O)(C(F)(F)F)C1. The molecule has 1 heterocycles. The third kappa shape index (κ3) is 4.84. The van der Waals surface area contributed by atoms with Crippen LogP contribution in [-0.4, -0.2) is 34.7 Å². The van der Waals surface area contributed by atoms with E-state index in [2.05, 4.69) is 4.74 Å². The molecule has 0 aromatic carbocycles. The van der Waals surface area contributed by atoms with Crippen LogP contribution in [-0.2, 0) is 14.3 Å². The summed E-state index contributed by atoms with van der Waals surface area (Å²) in [5, 5.41) is 9.72. The Morgan fingerprint density at radius 2 is 1.68 bits per heavy atom. The summed E-state index contributed by atoms with van der Waals surface area (Å²) < 4.78 is 76.1. The summed E-state index contributed by atoms with van der Waals surface area (Å²) >= 11 is 0. The number of aliphatic hydroxyl groups is 1. The number of esters is 1. The minimum atomic E-state index is -5.49. The van der Waals surface area contributed by atoms with Gasteiger partial charge in [-0.05, 0) is 39.5 Å². The minimum Gasteiger partial charge on any atom is -0.458 e. The first-order valence-electron chi connectivity index (χ1n) is 8.99. The third-order valence-electron chi connectivity index (χ3n) is 5.58. The van der Waals surface area contributed by atoms with E-state index in [9.17, 15) is 31.9 Å². The molecule has 164 valence electrons. The fraction of sp³-hybridized carbons (Fsp3) is 0.842. The number of allylic oxidation sites excluding steroid dienone is 1. The third-order valence-corrected chi connectivity index (χ3v) is 5.58. The summed E-state index contributed by atoms with van der Waals surface area (Å²) in [6, 6.07) is 0. The Morgan fingerprint density at radius 1 is 1.18 bits per heavy atom. The van der Waals surface area contributed by atoms with Gasteiger partial charge in [0, 0.05) is 0 Å². The molecule has 0 aliphatic carbocycles. The number of carbonyl (C=O) groups excluding carboxylic acids is 1. The van der Waals surface area contributed by atoms with Gasteiger partial charge in [0.1, 0.15) is 5.60 Å². The van der Waals surface area contributed by atoms with Crippen LogP contribution in [0.3, 0.4) is 0 Å². The van der Waals surface area contributed by atoms with Gasteiger partial charge in [-0.2, -0.15) is 22.0 Å². The standard InChI is InChI=1S/C19H29F5O4/c1-8-14(4,5)16(7,9-12(2)3)13(25)27-15(6)10-17(26,19(22,23)24)28-18(20,21)11-15/h9,26H,8,10-11H2,1-7H3. The largest absolute Gasteiger partial charge is 0.458 e. The van der Waals surface area contributed by atoms with Crippen molar-refractivity contribution in [3.63, 3.8) is 0 Å². The molecule has 1 saturated heterocycles. The van der Waals surface area contributed by atoms with E-state index in [-0.39, 0.29) is 0 Å². The van der Waals surface area contributed by atoms with Crippen molar-refractivity contribution in [2.24, 2.45) is 10.8 Å². The van der Waals surface area contributed by atoms with Crippen molar-refractivity contribution in [2.75, 3.05) is 0 Å². The molecule has 0 aromatic rings. The Bertz CT molecular complexity index is 639. The monoisotopic (exact) mass is 416 g/mol. The molecule has 1 N–H and O–H groups in total. The predicted molar refractivity (Wildman–Crippen MR) is 92.4 cm³/mol. The van der Waals surface area contributed by atoms with Crippen molar-refractivity contribution in [1.29, 1.82) is 0 Å². The predicted octanol–water partition coefficient (Wildman–Crippen LogP) is 5.35. The normalized spacial score (nSPS) is 30.3. The molecule has 28 heavy (non-hydrogen) atoms. The van der Waals surface area contributed by atoms with Crippen LogP contribution in [0, 0.1) is 10.8 Å². The summed E-state index contributed by atoms with van der Waals surface area (Å²) in [5.74, 6) is -5.07. The van der Waals surface area contributed by atoms with Gasteiger partial charge in [-0.25, -0.2) is 0 Å². The van der Waals surface area contributed by atoms with E-state index in [4.69, 9.17) is 4.74 Å². The molecule has 4 nitrogen and oxygen atoms in total. The number of alkyl halides is 5. The average Bonchev–Trinajstić information content (AvgIpc) is 2.41. The Balaban J connectivity index is 3.35. The van der Waals surface area contributed by atoms with E-state index in [1.165, 1.54) is 0 Å². The highest BCUT2D eigenvalue weighted by atomic mass is 19.4. The van der Waals surface area contributed by atoms with E-state index in [1.54, 1.807) is 40.7 Å². The average molecular weight is 416 g/mol. The van der Waals surface area contributed by atoms with Gasteiger partial charge in [-0.15, -0.1) is 0 Å². The maximum absolute atomic E-state index is 13.9. The van der Waals surface area contributed by atoms with Crippen LogP contribution in [0.2, 0.25) is 0 Å². The quantitative estimate of drug-likeness (QED) is 0.373. The topological polar surface area (TPSA) is 55.8 Å². The first-order valence-corrected chi connectivity index (χ1v) is 8.99. The van der Waals surface area contributed by atoms with E-state index < -0.39 is 53.3 Å². The van der Waals surface area contributed by atoms with E-state index in [0.717, 1.165) is 12.5 Å². The number of hydrogen-bond donors (Lipinski definition) is 1. The summed E-state index contributed by atoms with van der Waals surface area (Å²) in [7, 11) is 0. The van der Waals surface area contributed by atoms with Crippen molar-refractivity contribution < 1.29 is 41.3 Å². The van der Waals surface area contributed by atoms with Crippen molar-refractivity contribution in [1.82, 2.24) is 0 Å². The summed E-state index contributed by atoms with van der Waals surface area (Å²) in [4.78, 5) is 13.0. The highest BCUT2D eigenvalue weighted by Crippen LogP contribution is 2.52. The molecular weight excluding hydrogens is 387 g/mol. The van der Waals surface area contributed by atoms with E-state index in [0.29, 0.717) is 6.42 Å². The molecule has 9 heteroatoms. The van der Waals surface area contributed by atoms with Crippen LogP contribution < -0.4 is 0 Å². The van der Waals surface area contributed by atoms with Crippen LogP contribution in [0.5, 0.6) is 0 Å².